The van der Waals surface area contributed by atoms with Crippen LogP contribution >= 0.6 is 0 Å². The summed E-state index contributed by atoms with van der Waals surface area (Å²) in [6.45, 7) is 6.87. The van der Waals surface area contributed by atoms with Crippen molar-refractivity contribution in [1.29, 1.82) is 0 Å². The molecule has 0 radical (unpaired) electrons. The minimum Gasteiger partial charge on any atom is -0.469 e. The average Bonchev–Trinajstić information content (AvgIpc) is 2.95. The summed E-state index contributed by atoms with van der Waals surface area (Å²) in [5, 5.41) is 0. The minimum atomic E-state index is -0.0216. The van der Waals surface area contributed by atoms with E-state index in [0.29, 0.717) is 5.92 Å². The molecule has 1 fully saturated rings. The molecule has 0 aromatic rings. The summed E-state index contributed by atoms with van der Waals surface area (Å²) in [5.41, 5.74) is 3.36. The largest absolute Gasteiger partial charge is 0.469 e. The Hall–Kier alpha value is -0.790. The Kier molecular flexibility index (Phi) is 2.85. The van der Waals surface area contributed by atoms with Crippen LogP contribution in [-0.2, 0) is 9.53 Å². The molecule has 0 amide bonds. The van der Waals surface area contributed by atoms with Crippen LogP contribution in [-0.4, -0.2) is 13.1 Å². The zero-order chi connectivity index (χ0) is 11.9. The van der Waals surface area contributed by atoms with Gasteiger partial charge < -0.3 is 4.74 Å². The third-order valence-electron chi connectivity index (χ3n) is 4.21. The number of hydrogen-bond donors (Lipinski definition) is 0. The van der Waals surface area contributed by atoms with Crippen LogP contribution in [0.15, 0.2) is 11.1 Å². The third kappa shape index (κ3) is 1.90. The fourth-order valence-corrected chi connectivity index (χ4v) is 3.39. The fraction of sp³-hybridized carbons (Fsp3) is 0.786. The summed E-state index contributed by atoms with van der Waals surface area (Å²) in [6.07, 6.45) is 4.76. The Morgan fingerprint density at radius 2 is 2.12 bits per heavy atom. The van der Waals surface area contributed by atoms with E-state index < -0.39 is 0 Å². The van der Waals surface area contributed by atoms with Crippen LogP contribution in [0.3, 0.4) is 0 Å². The van der Waals surface area contributed by atoms with Crippen molar-refractivity contribution >= 4 is 5.97 Å². The van der Waals surface area contributed by atoms with Crippen molar-refractivity contribution in [2.24, 2.45) is 17.3 Å². The standard InChI is InChI=1S/C14H22O2/c1-9-6-5-7-14(2,3)12(9)10-8-11(10)13(15)16-4/h10-11H,5-8H2,1-4H3. The van der Waals surface area contributed by atoms with Gasteiger partial charge in [-0.25, -0.2) is 0 Å². The third-order valence-corrected chi connectivity index (χ3v) is 4.21. The van der Waals surface area contributed by atoms with Crippen LogP contribution in [0.1, 0.15) is 46.5 Å². The topological polar surface area (TPSA) is 26.3 Å². The second kappa shape index (κ2) is 3.90. The molecule has 2 unspecified atom stereocenters. The first-order valence-corrected chi connectivity index (χ1v) is 6.25. The van der Waals surface area contributed by atoms with E-state index in [1.165, 1.54) is 31.9 Å². The van der Waals surface area contributed by atoms with Crippen molar-refractivity contribution < 1.29 is 9.53 Å². The van der Waals surface area contributed by atoms with E-state index >= 15 is 0 Å². The lowest BCUT2D eigenvalue weighted by Gasteiger charge is -2.35. The van der Waals surface area contributed by atoms with Gasteiger partial charge in [-0.15, -0.1) is 0 Å². The van der Waals surface area contributed by atoms with E-state index in [1.807, 2.05) is 0 Å². The first kappa shape index (κ1) is 11.7. The molecule has 0 saturated heterocycles. The van der Waals surface area contributed by atoms with Gasteiger partial charge in [0, 0.05) is 0 Å². The van der Waals surface area contributed by atoms with Gasteiger partial charge in [-0.3, -0.25) is 4.79 Å². The highest BCUT2D eigenvalue weighted by Crippen LogP contribution is 2.55. The maximum atomic E-state index is 11.5. The van der Waals surface area contributed by atoms with Gasteiger partial charge in [0.1, 0.15) is 0 Å². The van der Waals surface area contributed by atoms with E-state index in [0.717, 1.165) is 6.42 Å². The van der Waals surface area contributed by atoms with Crippen molar-refractivity contribution in [3.8, 4) is 0 Å². The molecule has 0 aliphatic heterocycles. The molecule has 2 heteroatoms. The van der Waals surface area contributed by atoms with Crippen molar-refractivity contribution in [2.45, 2.75) is 46.5 Å². The van der Waals surface area contributed by atoms with Gasteiger partial charge in [-0.1, -0.05) is 25.0 Å². The highest BCUT2D eigenvalue weighted by Gasteiger charge is 2.50. The Bertz CT molecular complexity index is 339. The zero-order valence-corrected chi connectivity index (χ0v) is 10.8. The molecule has 2 atom stereocenters. The molecule has 16 heavy (non-hydrogen) atoms. The van der Waals surface area contributed by atoms with Gasteiger partial charge in [0.05, 0.1) is 13.0 Å². The molecule has 2 nitrogen and oxygen atoms in total. The molecule has 0 heterocycles. The summed E-state index contributed by atoms with van der Waals surface area (Å²) in [4.78, 5) is 11.5. The number of ether oxygens (including phenoxy) is 1. The predicted octanol–water partition coefficient (Wildman–Crippen LogP) is 3.32. The van der Waals surface area contributed by atoms with E-state index in [1.54, 1.807) is 5.57 Å². The molecule has 0 bridgehead atoms. The summed E-state index contributed by atoms with van der Waals surface area (Å²) in [6, 6.07) is 0. The monoisotopic (exact) mass is 222 g/mol. The van der Waals surface area contributed by atoms with Gasteiger partial charge in [0.2, 0.25) is 0 Å². The van der Waals surface area contributed by atoms with Crippen molar-refractivity contribution in [1.82, 2.24) is 0 Å². The second-order valence-electron chi connectivity index (χ2n) is 5.90. The smallest absolute Gasteiger partial charge is 0.309 e. The molecule has 0 aromatic heterocycles. The van der Waals surface area contributed by atoms with Crippen molar-refractivity contribution in [2.75, 3.05) is 7.11 Å². The van der Waals surface area contributed by atoms with Crippen LogP contribution in [0, 0.1) is 17.3 Å². The van der Waals surface area contributed by atoms with E-state index in [9.17, 15) is 4.79 Å². The summed E-state index contributed by atoms with van der Waals surface area (Å²) >= 11 is 0. The fourth-order valence-electron chi connectivity index (χ4n) is 3.39. The molecule has 2 aliphatic rings. The molecule has 90 valence electrons. The van der Waals surface area contributed by atoms with Crippen LogP contribution in [0.2, 0.25) is 0 Å². The van der Waals surface area contributed by atoms with Gasteiger partial charge in [-0.2, -0.15) is 0 Å². The number of esters is 1. The van der Waals surface area contributed by atoms with E-state index in [-0.39, 0.29) is 17.3 Å². The lowest BCUT2D eigenvalue weighted by atomic mass is 9.70. The highest BCUT2D eigenvalue weighted by atomic mass is 16.5. The van der Waals surface area contributed by atoms with Crippen LogP contribution in [0.25, 0.3) is 0 Å². The lowest BCUT2D eigenvalue weighted by molar-refractivity contribution is -0.142. The number of carbonyl (C=O) groups excluding carboxylic acids is 1. The normalized spacial score (nSPS) is 32.5. The van der Waals surface area contributed by atoms with Crippen LogP contribution < -0.4 is 0 Å². The minimum absolute atomic E-state index is 0.0216. The number of rotatable bonds is 2. The molecule has 2 rings (SSSR count). The van der Waals surface area contributed by atoms with E-state index in [2.05, 4.69) is 20.8 Å². The highest BCUT2D eigenvalue weighted by molar-refractivity contribution is 5.76. The van der Waals surface area contributed by atoms with Gasteiger partial charge in [0.15, 0.2) is 0 Å². The molecular formula is C14H22O2. The van der Waals surface area contributed by atoms with Crippen LogP contribution in [0.5, 0.6) is 0 Å². The van der Waals surface area contributed by atoms with Crippen molar-refractivity contribution in [3.05, 3.63) is 11.1 Å². The maximum absolute atomic E-state index is 11.5. The summed E-state index contributed by atoms with van der Waals surface area (Å²) in [5.74, 6) is 0.599. The van der Waals surface area contributed by atoms with Crippen LogP contribution in [0.4, 0.5) is 0 Å². The van der Waals surface area contributed by atoms with Gasteiger partial charge in [-0.05, 0) is 43.9 Å². The number of carbonyl (C=O) groups is 1. The lowest BCUT2D eigenvalue weighted by Crippen LogP contribution is -2.23. The Labute approximate surface area is 98.1 Å². The zero-order valence-electron chi connectivity index (χ0n) is 10.8. The van der Waals surface area contributed by atoms with Gasteiger partial charge >= 0.3 is 5.97 Å². The molecular weight excluding hydrogens is 200 g/mol. The number of methoxy groups -OCH3 is 1. The molecule has 0 aromatic carbocycles. The maximum Gasteiger partial charge on any atom is 0.309 e. The summed E-state index contributed by atoms with van der Waals surface area (Å²) < 4.78 is 4.84. The molecule has 0 N–H and O–H groups in total. The molecule has 0 spiro atoms. The Morgan fingerprint density at radius 1 is 1.44 bits per heavy atom. The van der Waals surface area contributed by atoms with Crippen molar-refractivity contribution in [3.63, 3.8) is 0 Å². The SMILES string of the molecule is COC(=O)C1CC1C1=C(C)CCCC1(C)C. The Morgan fingerprint density at radius 3 is 2.69 bits per heavy atom. The quantitative estimate of drug-likeness (QED) is 0.529. The first-order chi connectivity index (χ1) is 7.47. The van der Waals surface area contributed by atoms with E-state index in [4.69, 9.17) is 4.74 Å². The average molecular weight is 222 g/mol. The summed E-state index contributed by atoms with van der Waals surface area (Å²) in [7, 11) is 1.49. The van der Waals surface area contributed by atoms with Gasteiger partial charge in [0.25, 0.3) is 0 Å². The number of hydrogen-bond acceptors (Lipinski definition) is 2. The second-order valence-corrected chi connectivity index (χ2v) is 5.90. The molecule has 1 saturated carbocycles. The predicted molar refractivity (Wildman–Crippen MR) is 63.9 cm³/mol. The first-order valence-electron chi connectivity index (χ1n) is 6.25. The Balaban J connectivity index is 2.18. The molecule has 2 aliphatic carbocycles. The number of allylic oxidation sites excluding steroid dienone is 2.